The van der Waals surface area contributed by atoms with E-state index in [-0.39, 0.29) is 11.5 Å². The van der Waals surface area contributed by atoms with Crippen molar-refractivity contribution in [3.8, 4) is 0 Å². The van der Waals surface area contributed by atoms with Crippen molar-refractivity contribution in [2.45, 2.75) is 45.3 Å². The van der Waals surface area contributed by atoms with Crippen molar-refractivity contribution in [2.75, 3.05) is 19.4 Å². The normalized spacial score (nSPS) is 17.0. The van der Waals surface area contributed by atoms with Gasteiger partial charge in [-0.15, -0.1) is 0 Å². The minimum atomic E-state index is -0.184. The summed E-state index contributed by atoms with van der Waals surface area (Å²) in [7, 11) is 1.69. The van der Waals surface area contributed by atoms with Crippen LogP contribution in [-0.2, 0) is 11.3 Å². The molecule has 1 aromatic rings. The first-order valence-corrected chi connectivity index (χ1v) is 6.69. The standard InChI is InChI=1S/C13H22N4O2/c1-4-17-11(10(14)9(2)16-17)12(18)15-8-13(19-3)6-5-7-13/h4-8,14H2,1-3H3,(H,15,18). The van der Waals surface area contributed by atoms with E-state index >= 15 is 0 Å². The Labute approximate surface area is 113 Å². The first-order valence-electron chi connectivity index (χ1n) is 6.69. The number of aryl methyl sites for hydroxylation is 2. The number of nitrogens with two attached hydrogens (primary N) is 1. The van der Waals surface area contributed by atoms with Crippen molar-refractivity contribution in [1.82, 2.24) is 15.1 Å². The summed E-state index contributed by atoms with van der Waals surface area (Å²) >= 11 is 0. The Hall–Kier alpha value is -1.56. The van der Waals surface area contributed by atoms with Crippen LogP contribution >= 0.6 is 0 Å². The van der Waals surface area contributed by atoms with E-state index in [0.717, 1.165) is 19.3 Å². The smallest absolute Gasteiger partial charge is 0.271 e. The molecule has 1 aliphatic carbocycles. The number of rotatable bonds is 5. The topological polar surface area (TPSA) is 82.2 Å². The first kappa shape index (κ1) is 13.9. The Bertz CT molecular complexity index is 472. The summed E-state index contributed by atoms with van der Waals surface area (Å²) in [6.45, 7) is 4.89. The van der Waals surface area contributed by atoms with E-state index in [9.17, 15) is 4.79 Å². The average molecular weight is 266 g/mol. The molecule has 1 aliphatic rings. The van der Waals surface area contributed by atoms with E-state index in [1.54, 1.807) is 18.7 Å². The lowest BCUT2D eigenvalue weighted by molar-refractivity contribution is -0.0679. The highest BCUT2D eigenvalue weighted by Crippen LogP contribution is 2.34. The average Bonchev–Trinajstić information content (AvgIpc) is 2.64. The highest BCUT2D eigenvalue weighted by atomic mass is 16.5. The zero-order valence-corrected chi connectivity index (χ0v) is 11.8. The van der Waals surface area contributed by atoms with Gasteiger partial charge in [-0.25, -0.2) is 0 Å². The SMILES string of the molecule is CCn1nc(C)c(N)c1C(=O)NCC1(OC)CCC1. The van der Waals surface area contributed by atoms with Crippen molar-refractivity contribution in [3.05, 3.63) is 11.4 Å². The number of ether oxygens (including phenoxy) is 1. The van der Waals surface area contributed by atoms with Gasteiger partial charge in [-0.2, -0.15) is 5.10 Å². The van der Waals surface area contributed by atoms with Crippen molar-refractivity contribution >= 4 is 11.6 Å². The van der Waals surface area contributed by atoms with Gasteiger partial charge >= 0.3 is 0 Å². The number of carbonyl (C=O) groups is 1. The summed E-state index contributed by atoms with van der Waals surface area (Å²) in [6.07, 6.45) is 3.13. The molecule has 6 nitrogen and oxygen atoms in total. The van der Waals surface area contributed by atoms with Crippen LogP contribution in [0.5, 0.6) is 0 Å². The third-order valence-corrected chi connectivity index (χ3v) is 3.96. The van der Waals surface area contributed by atoms with Gasteiger partial charge in [0.2, 0.25) is 0 Å². The van der Waals surface area contributed by atoms with Gasteiger partial charge in [0.15, 0.2) is 0 Å². The number of nitrogen functional groups attached to an aromatic ring is 1. The van der Waals surface area contributed by atoms with Crippen LogP contribution in [0.15, 0.2) is 0 Å². The van der Waals surface area contributed by atoms with Gasteiger partial charge in [0, 0.05) is 20.2 Å². The lowest BCUT2D eigenvalue weighted by Crippen LogP contribution is -2.49. The summed E-state index contributed by atoms with van der Waals surface area (Å²) < 4.78 is 7.12. The monoisotopic (exact) mass is 266 g/mol. The van der Waals surface area contributed by atoms with Crippen molar-refractivity contribution in [1.29, 1.82) is 0 Å². The van der Waals surface area contributed by atoms with E-state index in [2.05, 4.69) is 10.4 Å². The highest BCUT2D eigenvalue weighted by Gasteiger charge is 2.37. The number of hydrogen-bond donors (Lipinski definition) is 2. The minimum Gasteiger partial charge on any atom is -0.395 e. The van der Waals surface area contributed by atoms with Gasteiger partial charge < -0.3 is 15.8 Å². The Kier molecular flexibility index (Phi) is 3.80. The summed E-state index contributed by atoms with van der Waals surface area (Å²) in [4.78, 5) is 12.3. The third-order valence-electron chi connectivity index (χ3n) is 3.96. The summed E-state index contributed by atoms with van der Waals surface area (Å²) in [5.41, 5.74) is 7.34. The zero-order valence-electron chi connectivity index (χ0n) is 11.8. The lowest BCUT2D eigenvalue weighted by atomic mass is 9.80. The largest absolute Gasteiger partial charge is 0.395 e. The lowest BCUT2D eigenvalue weighted by Gasteiger charge is -2.40. The molecule has 19 heavy (non-hydrogen) atoms. The Morgan fingerprint density at radius 1 is 1.58 bits per heavy atom. The Morgan fingerprint density at radius 3 is 2.74 bits per heavy atom. The van der Waals surface area contributed by atoms with E-state index in [0.29, 0.717) is 30.2 Å². The predicted molar refractivity (Wildman–Crippen MR) is 73.0 cm³/mol. The summed E-state index contributed by atoms with van der Waals surface area (Å²) in [6, 6.07) is 0. The first-order chi connectivity index (χ1) is 9.03. The van der Waals surface area contributed by atoms with E-state index in [1.165, 1.54) is 0 Å². The quantitative estimate of drug-likeness (QED) is 0.836. The van der Waals surface area contributed by atoms with Crippen molar-refractivity contribution < 1.29 is 9.53 Å². The molecule has 0 spiro atoms. The molecule has 6 heteroatoms. The number of hydrogen-bond acceptors (Lipinski definition) is 4. The predicted octanol–water partition coefficient (Wildman–Crippen LogP) is 1.09. The van der Waals surface area contributed by atoms with Gasteiger partial charge in [0.25, 0.3) is 5.91 Å². The molecule has 0 aliphatic heterocycles. The van der Waals surface area contributed by atoms with Crippen LogP contribution in [0.4, 0.5) is 5.69 Å². The van der Waals surface area contributed by atoms with Crippen LogP contribution in [0.3, 0.4) is 0 Å². The minimum absolute atomic E-state index is 0.178. The highest BCUT2D eigenvalue weighted by molar-refractivity contribution is 5.98. The number of carbonyl (C=O) groups excluding carboxylic acids is 1. The Morgan fingerprint density at radius 2 is 2.26 bits per heavy atom. The number of anilines is 1. The third kappa shape index (κ3) is 2.45. The van der Waals surface area contributed by atoms with Crippen LogP contribution in [-0.4, -0.2) is 34.9 Å². The number of nitrogens with zero attached hydrogens (tertiary/aromatic N) is 2. The second-order valence-corrected chi connectivity index (χ2v) is 5.09. The molecule has 1 fully saturated rings. The molecule has 1 heterocycles. The number of methoxy groups -OCH3 is 1. The van der Waals surface area contributed by atoms with Gasteiger partial charge in [0.05, 0.1) is 17.0 Å². The van der Waals surface area contributed by atoms with E-state index in [1.807, 2.05) is 6.92 Å². The molecule has 106 valence electrons. The van der Waals surface area contributed by atoms with Gasteiger partial charge in [-0.1, -0.05) is 0 Å². The molecule has 0 bridgehead atoms. The van der Waals surface area contributed by atoms with Crippen LogP contribution in [0.2, 0.25) is 0 Å². The summed E-state index contributed by atoms with van der Waals surface area (Å²) in [5, 5.41) is 7.16. The van der Waals surface area contributed by atoms with Crippen LogP contribution in [0.1, 0.15) is 42.4 Å². The molecular weight excluding hydrogens is 244 g/mol. The molecule has 3 N–H and O–H groups in total. The van der Waals surface area contributed by atoms with Gasteiger partial charge in [0.1, 0.15) is 5.69 Å². The fourth-order valence-corrected chi connectivity index (χ4v) is 2.41. The second kappa shape index (κ2) is 5.21. The van der Waals surface area contributed by atoms with Crippen molar-refractivity contribution in [2.24, 2.45) is 0 Å². The molecule has 0 radical (unpaired) electrons. The summed E-state index contributed by atoms with van der Waals surface area (Å²) in [5.74, 6) is -0.178. The molecule has 1 amide bonds. The second-order valence-electron chi connectivity index (χ2n) is 5.09. The molecule has 0 aromatic carbocycles. The molecular formula is C13H22N4O2. The van der Waals surface area contributed by atoms with Gasteiger partial charge in [-0.3, -0.25) is 9.48 Å². The van der Waals surface area contributed by atoms with E-state index < -0.39 is 0 Å². The fraction of sp³-hybridized carbons (Fsp3) is 0.692. The van der Waals surface area contributed by atoms with Crippen LogP contribution in [0.25, 0.3) is 0 Å². The van der Waals surface area contributed by atoms with Gasteiger partial charge in [-0.05, 0) is 33.1 Å². The number of nitrogens with one attached hydrogen (secondary N) is 1. The maximum absolute atomic E-state index is 12.3. The maximum atomic E-state index is 12.3. The number of aromatic nitrogens is 2. The molecule has 1 saturated carbocycles. The molecule has 1 aromatic heterocycles. The van der Waals surface area contributed by atoms with E-state index in [4.69, 9.17) is 10.5 Å². The molecule has 2 rings (SSSR count). The maximum Gasteiger partial charge on any atom is 0.271 e. The number of amides is 1. The molecule has 0 unspecified atom stereocenters. The Balaban J connectivity index is 2.08. The van der Waals surface area contributed by atoms with Crippen LogP contribution in [0, 0.1) is 6.92 Å². The van der Waals surface area contributed by atoms with Crippen molar-refractivity contribution in [3.63, 3.8) is 0 Å². The molecule has 0 atom stereocenters. The van der Waals surface area contributed by atoms with Crippen LogP contribution < -0.4 is 11.1 Å². The fourth-order valence-electron chi connectivity index (χ4n) is 2.41. The zero-order chi connectivity index (χ0) is 14.0. The molecule has 0 saturated heterocycles.